The number of H-pyrrole nitrogens is 1. The Morgan fingerprint density at radius 2 is 2.06 bits per heavy atom. The third kappa shape index (κ3) is 2.30. The lowest BCUT2D eigenvalue weighted by molar-refractivity contribution is 0.243. The molecule has 0 aliphatic carbocycles. The van der Waals surface area contributed by atoms with Gasteiger partial charge in [-0.3, -0.25) is 4.79 Å². The molecule has 2 aromatic rings. The molecule has 2 atom stereocenters. The SMILES string of the molecule is O=c1[nH]c2c(s1)[C@H](c1ccc(Br)cc1)C[C@@H](O)S2. The first-order valence-electron chi connectivity index (χ1n) is 5.46. The summed E-state index contributed by atoms with van der Waals surface area (Å²) in [5.41, 5.74) is 0.672. The Kier molecular flexibility index (Phi) is 3.36. The molecule has 0 unspecified atom stereocenters. The van der Waals surface area contributed by atoms with Crippen LogP contribution in [-0.4, -0.2) is 15.5 Å². The molecule has 0 radical (unpaired) electrons. The summed E-state index contributed by atoms with van der Waals surface area (Å²) in [6, 6.07) is 8.04. The van der Waals surface area contributed by atoms with E-state index < -0.39 is 5.44 Å². The van der Waals surface area contributed by atoms with Crippen molar-refractivity contribution in [3.63, 3.8) is 0 Å². The van der Waals surface area contributed by atoms with Crippen molar-refractivity contribution in [2.45, 2.75) is 22.8 Å². The molecule has 0 saturated carbocycles. The van der Waals surface area contributed by atoms with E-state index in [0.29, 0.717) is 6.42 Å². The number of hydrogen-bond acceptors (Lipinski definition) is 4. The van der Waals surface area contributed by atoms with Gasteiger partial charge in [-0.15, -0.1) is 0 Å². The summed E-state index contributed by atoms with van der Waals surface area (Å²) in [5, 5.41) is 10.7. The topological polar surface area (TPSA) is 53.1 Å². The quantitative estimate of drug-likeness (QED) is 0.836. The summed E-state index contributed by atoms with van der Waals surface area (Å²) in [7, 11) is 0. The first kappa shape index (κ1) is 12.5. The highest BCUT2D eigenvalue weighted by atomic mass is 79.9. The molecule has 6 heteroatoms. The fourth-order valence-corrected chi connectivity index (χ4v) is 4.56. The van der Waals surface area contributed by atoms with Crippen molar-refractivity contribution in [1.82, 2.24) is 4.98 Å². The smallest absolute Gasteiger partial charge is 0.305 e. The fourth-order valence-electron chi connectivity index (χ4n) is 2.12. The van der Waals surface area contributed by atoms with E-state index >= 15 is 0 Å². The van der Waals surface area contributed by atoms with Gasteiger partial charge >= 0.3 is 4.87 Å². The summed E-state index contributed by atoms with van der Waals surface area (Å²) in [5.74, 6) is 0.105. The number of aromatic amines is 1. The largest absolute Gasteiger partial charge is 0.382 e. The Morgan fingerprint density at radius 3 is 2.78 bits per heavy atom. The number of halogens is 1. The van der Waals surface area contributed by atoms with Gasteiger partial charge in [0.25, 0.3) is 0 Å². The fraction of sp³-hybridized carbons (Fsp3) is 0.250. The molecule has 1 aromatic heterocycles. The lowest BCUT2D eigenvalue weighted by Gasteiger charge is -2.25. The lowest BCUT2D eigenvalue weighted by atomic mass is 9.94. The van der Waals surface area contributed by atoms with Crippen molar-refractivity contribution in [1.29, 1.82) is 0 Å². The molecule has 94 valence electrons. The van der Waals surface area contributed by atoms with Crippen molar-refractivity contribution in [2.75, 3.05) is 0 Å². The number of benzene rings is 1. The van der Waals surface area contributed by atoms with Crippen LogP contribution in [0.3, 0.4) is 0 Å². The number of nitrogens with one attached hydrogen (secondary N) is 1. The third-order valence-electron chi connectivity index (χ3n) is 2.92. The van der Waals surface area contributed by atoms with E-state index in [1.165, 1.54) is 23.1 Å². The van der Waals surface area contributed by atoms with Gasteiger partial charge in [-0.05, 0) is 24.1 Å². The number of thiazole rings is 1. The minimum atomic E-state index is -0.462. The summed E-state index contributed by atoms with van der Waals surface area (Å²) < 4.78 is 1.03. The zero-order chi connectivity index (χ0) is 12.7. The average molecular weight is 344 g/mol. The maximum Gasteiger partial charge on any atom is 0.305 e. The molecule has 0 bridgehead atoms. The van der Waals surface area contributed by atoms with Crippen LogP contribution in [0.2, 0.25) is 0 Å². The van der Waals surface area contributed by atoms with Crippen molar-refractivity contribution in [3.8, 4) is 0 Å². The van der Waals surface area contributed by atoms with Crippen LogP contribution in [0.25, 0.3) is 0 Å². The summed E-state index contributed by atoms with van der Waals surface area (Å²) >= 11 is 5.99. The van der Waals surface area contributed by atoms with Gasteiger partial charge < -0.3 is 10.1 Å². The number of aliphatic hydroxyl groups excluding tert-OH is 1. The first-order valence-corrected chi connectivity index (χ1v) is 7.95. The monoisotopic (exact) mass is 343 g/mol. The minimum absolute atomic E-state index is 0.0521. The van der Waals surface area contributed by atoms with Crippen LogP contribution in [0.4, 0.5) is 0 Å². The zero-order valence-electron chi connectivity index (χ0n) is 9.22. The third-order valence-corrected chi connectivity index (χ3v) is 5.60. The van der Waals surface area contributed by atoms with Crippen molar-refractivity contribution in [2.24, 2.45) is 0 Å². The molecule has 0 spiro atoms. The van der Waals surface area contributed by atoms with E-state index in [0.717, 1.165) is 19.9 Å². The van der Waals surface area contributed by atoms with E-state index in [1.807, 2.05) is 24.3 Å². The van der Waals surface area contributed by atoms with E-state index in [2.05, 4.69) is 20.9 Å². The Balaban J connectivity index is 2.06. The van der Waals surface area contributed by atoms with E-state index in [4.69, 9.17) is 0 Å². The molecule has 0 amide bonds. The second kappa shape index (κ2) is 4.85. The Morgan fingerprint density at radius 1 is 1.33 bits per heavy atom. The van der Waals surface area contributed by atoms with E-state index in [-0.39, 0.29) is 10.8 Å². The highest BCUT2D eigenvalue weighted by molar-refractivity contribution is 9.10. The highest BCUT2D eigenvalue weighted by Crippen LogP contribution is 2.44. The number of aromatic nitrogens is 1. The van der Waals surface area contributed by atoms with Crippen LogP contribution in [0.1, 0.15) is 22.8 Å². The molecule has 0 fully saturated rings. The second-order valence-corrected chi connectivity index (χ2v) is 7.24. The van der Waals surface area contributed by atoms with Crippen LogP contribution in [0, 0.1) is 0 Å². The number of aliphatic hydroxyl groups is 1. The number of thioether (sulfide) groups is 1. The van der Waals surface area contributed by atoms with Crippen molar-refractivity contribution >= 4 is 39.0 Å². The molecule has 2 heterocycles. The Hall–Kier alpha value is -0.560. The summed E-state index contributed by atoms with van der Waals surface area (Å²) in [4.78, 5) is 15.2. The normalized spacial score (nSPS) is 22.8. The number of rotatable bonds is 1. The minimum Gasteiger partial charge on any atom is -0.382 e. The van der Waals surface area contributed by atoms with Crippen LogP contribution in [0.15, 0.2) is 38.6 Å². The number of fused-ring (bicyclic) bond motifs is 1. The predicted octanol–water partition coefficient (Wildman–Crippen LogP) is 3.15. The maximum absolute atomic E-state index is 11.5. The van der Waals surface area contributed by atoms with Gasteiger partial charge in [0.05, 0.1) is 5.03 Å². The van der Waals surface area contributed by atoms with Crippen LogP contribution >= 0.6 is 39.0 Å². The number of hydrogen-bond donors (Lipinski definition) is 2. The zero-order valence-corrected chi connectivity index (χ0v) is 12.4. The molecule has 3 nitrogen and oxygen atoms in total. The Labute approximate surface area is 120 Å². The van der Waals surface area contributed by atoms with Crippen LogP contribution < -0.4 is 4.87 Å². The van der Waals surface area contributed by atoms with E-state index in [9.17, 15) is 9.90 Å². The van der Waals surface area contributed by atoms with E-state index in [1.54, 1.807) is 0 Å². The van der Waals surface area contributed by atoms with Crippen molar-refractivity contribution in [3.05, 3.63) is 48.8 Å². The Bertz CT molecular complexity index is 620. The second-order valence-electron chi connectivity index (χ2n) is 4.12. The van der Waals surface area contributed by atoms with Crippen LogP contribution in [-0.2, 0) is 0 Å². The van der Waals surface area contributed by atoms with Crippen LogP contribution in [0.5, 0.6) is 0 Å². The molecule has 1 aliphatic rings. The van der Waals surface area contributed by atoms with Gasteiger partial charge in [0, 0.05) is 15.3 Å². The van der Waals surface area contributed by atoms with Gasteiger partial charge in [0.2, 0.25) is 0 Å². The average Bonchev–Trinajstić information content (AvgIpc) is 2.69. The molecular weight excluding hydrogens is 334 g/mol. The summed E-state index contributed by atoms with van der Waals surface area (Å²) in [6.07, 6.45) is 0.646. The lowest BCUT2D eigenvalue weighted by Crippen LogP contribution is -2.15. The standard InChI is InChI=1S/C12H10BrNO2S2/c13-7-3-1-6(2-4-7)8-5-9(15)17-11-10(8)18-12(16)14-11/h1-4,8-9,15H,5H2,(H,14,16)/t8-,9-/m0/s1. The molecule has 3 rings (SSSR count). The highest BCUT2D eigenvalue weighted by Gasteiger charge is 2.30. The van der Waals surface area contributed by atoms with Gasteiger partial charge in [0.15, 0.2) is 0 Å². The predicted molar refractivity (Wildman–Crippen MR) is 77.4 cm³/mol. The molecule has 1 aliphatic heterocycles. The van der Waals surface area contributed by atoms with Gasteiger partial charge in [0.1, 0.15) is 5.44 Å². The molecule has 1 aromatic carbocycles. The van der Waals surface area contributed by atoms with Gasteiger partial charge in [-0.25, -0.2) is 0 Å². The van der Waals surface area contributed by atoms with Crippen molar-refractivity contribution < 1.29 is 5.11 Å². The molecule has 18 heavy (non-hydrogen) atoms. The summed E-state index contributed by atoms with van der Waals surface area (Å²) in [6.45, 7) is 0. The molecule has 0 saturated heterocycles. The van der Waals surface area contributed by atoms with Gasteiger partial charge in [-0.2, -0.15) is 0 Å². The maximum atomic E-state index is 11.5. The van der Waals surface area contributed by atoms with Gasteiger partial charge in [-0.1, -0.05) is 51.2 Å². The first-order chi connectivity index (χ1) is 8.63. The molecular formula is C12H10BrNO2S2. The molecule has 2 N–H and O–H groups in total.